The lowest BCUT2D eigenvalue weighted by Gasteiger charge is -2.26. The van der Waals surface area contributed by atoms with Gasteiger partial charge in [-0.25, -0.2) is 4.99 Å². The number of allylic oxidation sites excluding steroid dienone is 1. The minimum atomic E-state index is -0.913. The number of rotatable bonds is 11. The molecule has 1 N–H and O–H groups in total. The van der Waals surface area contributed by atoms with Crippen LogP contribution in [0.1, 0.15) is 29.7 Å². The number of halogens is 3. The summed E-state index contributed by atoms with van der Waals surface area (Å²) in [5.74, 6) is 1.32. The predicted molar refractivity (Wildman–Crippen MR) is 204 cm³/mol. The molecule has 1 aliphatic rings. The minimum Gasteiger partial charge on any atom is -0.493 e. The fourth-order valence-electron chi connectivity index (χ4n) is 5.81. The highest BCUT2D eigenvalue weighted by Gasteiger charge is 2.34. The maximum absolute atomic E-state index is 14.4. The molecule has 10 nitrogen and oxygen atoms in total. The van der Waals surface area contributed by atoms with E-state index in [1.807, 2.05) is 18.2 Å². The van der Waals surface area contributed by atoms with E-state index < -0.39 is 11.9 Å². The Bertz CT molecular complexity index is 2370. The number of methoxy groups -OCH3 is 4. The van der Waals surface area contributed by atoms with Gasteiger partial charge in [0.05, 0.1) is 55.3 Å². The molecule has 0 aliphatic carbocycles. The number of aromatic nitrogens is 1. The number of hydrogen-bond acceptors (Lipinski definition) is 9. The van der Waals surface area contributed by atoms with Gasteiger partial charge in [-0.1, -0.05) is 70.4 Å². The molecule has 0 spiro atoms. The van der Waals surface area contributed by atoms with Crippen molar-refractivity contribution in [2.24, 2.45) is 4.99 Å². The first kappa shape index (κ1) is 36.8. The number of nitrogens with zero attached hydrogens (tertiary/aromatic N) is 2. The zero-order valence-electron chi connectivity index (χ0n) is 28.6. The second-order valence-corrected chi connectivity index (χ2v) is 13.7. The van der Waals surface area contributed by atoms with Crippen molar-refractivity contribution in [1.29, 1.82) is 0 Å². The van der Waals surface area contributed by atoms with Crippen LogP contribution in [0.25, 0.3) is 6.08 Å². The highest BCUT2D eigenvalue weighted by atomic mass is 35.5. The van der Waals surface area contributed by atoms with Crippen LogP contribution in [0.4, 0.5) is 5.69 Å². The summed E-state index contributed by atoms with van der Waals surface area (Å²) < 4.78 is 30.3. The summed E-state index contributed by atoms with van der Waals surface area (Å²) in [6, 6.07) is 20.1. The van der Waals surface area contributed by atoms with Crippen LogP contribution in [0.15, 0.2) is 93.9 Å². The summed E-state index contributed by atoms with van der Waals surface area (Å²) in [7, 11) is 5.99. The zero-order chi connectivity index (χ0) is 37.1. The molecule has 14 heteroatoms. The number of thiazole rings is 1. The zero-order valence-corrected chi connectivity index (χ0v) is 31.7. The average Bonchev–Trinajstić information content (AvgIpc) is 3.43. The van der Waals surface area contributed by atoms with Gasteiger partial charge in [-0.2, -0.15) is 0 Å². The van der Waals surface area contributed by atoms with Gasteiger partial charge in [0.2, 0.25) is 5.75 Å². The summed E-state index contributed by atoms with van der Waals surface area (Å²) in [6.45, 7) is 1.85. The van der Waals surface area contributed by atoms with Crippen molar-refractivity contribution >= 4 is 63.8 Å². The third kappa shape index (κ3) is 7.35. The fraction of sp³-hybridized carbons (Fsp3) is 0.184. The van der Waals surface area contributed by atoms with E-state index in [1.165, 1.54) is 44.3 Å². The second kappa shape index (κ2) is 15.7. The molecule has 1 atom stereocenters. The van der Waals surface area contributed by atoms with Crippen LogP contribution >= 0.6 is 46.1 Å². The Morgan fingerprint density at radius 3 is 2.17 bits per heavy atom. The summed E-state index contributed by atoms with van der Waals surface area (Å²) in [5.41, 5.74) is 2.74. The van der Waals surface area contributed by atoms with Crippen molar-refractivity contribution in [3.05, 3.63) is 136 Å². The Morgan fingerprint density at radius 1 is 0.865 bits per heavy atom. The number of fused-ring (bicyclic) bond motifs is 1. The van der Waals surface area contributed by atoms with Crippen molar-refractivity contribution in [3.63, 3.8) is 0 Å². The van der Waals surface area contributed by atoms with Gasteiger partial charge in [0.15, 0.2) is 27.8 Å². The van der Waals surface area contributed by atoms with Crippen molar-refractivity contribution in [3.8, 4) is 28.7 Å². The number of anilines is 1. The number of ether oxygens (including phenoxy) is 5. The van der Waals surface area contributed by atoms with Crippen LogP contribution in [0.5, 0.6) is 28.7 Å². The minimum absolute atomic E-state index is 0.116. The van der Waals surface area contributed by atoms with Gasteiger partial charge >= 0.3 is 0 Å². The Kier molecular flexibility index (Phi) is 11.2. The molecular formula is C38H32Cl3N3O7S. The Balaban J connectivity index is 1.46. The third-order valence-electron chi connectivity index (χ3n) is 8.24. The van der Waals surface area contributed by atoms with E-state index in [0.717, 1.165) is 0 Å². The van der Waals surface area contributed by atoms with E-state index in [4.69, 9.17) is 63.5 Å². The van der Waals surface area contributed by atoms with E-state index >= 15 is 0 Å². The molecule has 0 radical (unpaired) electrons. The number of nitrogens with one attached hydrogen (secondary N) is 1. The third-order valence-corrected chi connectivity index (χ3v) is 10.1. The van der Waals surface area contributed by atoms with Gasteiger partial charge in [0.25, 0.3) is 11.5 Å². The highest BCUT2D eigenvalue weighted by Crippen LogP contribution is 2.43. The smallest absolute Gasteiger partial charge is 0.271 e. The maximum Gasteiger partial charge on any atom is 0.271 e. The molecule has 0 unspecified atom stereocenters. The monoisotopic (exact) mass is 779 g/mol. The van der Waals surface area contributed by atoms with Crippen LogP contribution in [-0.2, 0) is 11.4 Å². The fourth-order valence-corrected chi connectivity index (χ4v) is 7.59. The maximum atomic E-state index is 14.4. The lowest BCUT2D eigenvalue weighted by Crippen LogP contribution is -2.40. The van der Waals surface area contributed by atoms with E-state index in [9.17, 15) is 9.59 Å². The lowest BCUT2D eigenvalue weighted by atomic mass is 9.94. The van der Waals surface area contributed by atoms with Crippen molar-refractivity contribution in [1.82, 2.24) is 4.57 Å². The van der Waals surface area contributed by atoms with Gasteiger partial charge in [0.1, 0.15) is 6.61 Å². The molecule has 5 aromatic rings. The largest absolute Gasteiger partial charge is 0.493 e. The molecule has 268 valence electrons. The standard InChI is InChI=1S/C38H32Cl3N3O7S/c1-20-32(36(45)43-25-9-7-6-8-10-25)33(23-16-29(48-3)35(50-5)30(17-23)49-4)44-37(46)31(52-38(44)42-20)15-21-13-27(41)34(28(14-21)47-2)51-19-22-11-12-24(39)18-26(22)40/h6-18,33H,19H2,1-5H3,(H,43,45)/b31-15-/t33-/m0/s1. The van der Waals surface area contributed by atoms with Crippen molar-refractivity contribution in [2.45, 2.75) is 19.6 Å². The van der Waals surface area contributed by atoms with Gasteiger partial charge in [0, 0.05) is 21.3 Å². The molecule has 1 aromatic heterocycles. The molecule has 52 heavy (non-hydrogen) atoms. The molecule has 0 fully saturated rings. The lowest BCUT2D eigenvalue weighted by molar-refractivity contribution is -0.113. The number of carbonyl (C=O) groups excluding carboxylic acids is 1. The van der Waals surface area contributed by atoms with Crippen LogP contribution in [0.2, 0.25) is 15.1 Å². The molecule has 0 saturated carbocycles. The van der Waals surface area contributed by atoms with Crippen LogP contribution in [-0.4, -0.2) is 38.9 Å². The molecule has 0 bridgehead atoms. The first-order valence-corrected chi connectivity index (χ1v) is 17.6. The van der Waals surface area contributed by atoms with Gasteiger partial charge in [-0.3, -0.25) is 14.2 Å². The van der Waals surface area contributed by atoms with Crippen molar-refractivity contribution < 1.29 is 28.5 Å². The number of amides is 1. The molecule has 6 rings (SSSR count). The SMILES string of the molecule is COc1cc(/C=c2\sc3n(c2=O)[C@@H](c2cc(OC)c(OC)c(OC)c2)C(C(=O)Nc2ccccc2)=C(C)N=3)cc(Cl)c1OCc1ccc(Cl)cc1Cl. The summed E-state index contributed by atoms with van der Waals surface area (Å²) in [5, 5.41) is 4.17. The Hall–Kier alpha value is -4.94. The first-order chi connectivity index (χ1) is 25.1. The number of benzene rings is 4. The summed E-state index contributed by atoms with van der Waals surface area (Å²) in [4.78, 5) is 33.6. The molecule has 0 saturated heterocycles. The molecule has 4 aromatic carbocycles. The summed E-state index contributed by atoms with van der Waals surface area (Å²) >= 11 is 20.3. The number of hydrogen-bond donors (Lipinski definition) is 1. The Morgan fingerprint density at radius 2 is 1.54 bits per heavy atom. The van der Waals surface area contributed by atoms with Crippen LogP contribution < -0.4 is 43.9 Å². The number of carbonyl (C=O) groups is 1. The average molecular weight is 781 g/mol. The highest BCUT2D eigenvalue weighted by molar-refractivity contribution is 7.07. The second-order valence-electron chi connectivity index (χ2n) is 11.4. The molecule has 1 amide bonds. The van der Waals surface area contributed by atoms with E-state index in [-0.39, 0.29) is 22.8 Å². The van der Waals surface area contributed by atoms with Gasteiger partial charge in [-0.15, -0.1) is 0 Å². The van der Waals surface area contributed by atoms with E-state index in [2.05, 4.69) is 5.32 Å². The molecule has 1 aliphatic heterocycles. The topological polar surface area (TPSA) is 110 Å². The van der Waals surface area contributed by atoms with Crippen LogP contribution in [0, 0.1) is 0 Å². The van der Waals surface area contributed by atoms with E-state index in [0.29, 0.717) is 76.2 Å². The quantitative estimate of drug-likeness (QED) is 0.148. The van der Waals surface area contributed by atoms with E-state index in [1.54, 1.807) is 67.6 Å². The summed E-state index contributed by atoms with van der Waals surface area (Å²) in [6.07, 6.45) is 1.69. The first-order valence-electron chi connectivity index (χ1n) is 15.7. The Labute approximate surface area is 318 Å². The number of para-hydroxylation sites is 1. The normalized spacial score (nSPS) is 14.0. The predicted octanol–water partition coefficient (Wildman–Crippen LogP) is 7.45. The van der Waals surface area contributed by atoms with Gasteiger partial charge < -0.3 is 29.0 Å². The van der Waals surface area contributed by atoms with Crippen molar-refractivity contribution in [2.75, 3.05) is 33.8 Å². The molecule has 2 heterocycles. The van der Waals surface area contributed by atoms with Gasteiger partial charge in [-0.05, 0) is 72.7 Å². The van der Waals surface area contributed by atoms with Crippen LogP contribution in [0.3, 0.4) is 0 Å². The molecular weight excluding hydrogens is 749 g/mol.